The number of aromatic nitrogens is 4. The second-order valence-corrected chi connectivity index (χ2v) is 7.51. The smallest absolute Gasteiger partial charge is 0.234 e. The lowest BCUT2D eigenvalue weighted by Crippen LogP contribution is -2.15. The second kappa shape index (κ2) is 8.08. The van der Waals surface area contributed by atoms with Crippen molar-refractivity contribution in [2.24, 2.45) is 0 Å². The van der Waals surface area contributed by atoms with Gasteiger partial charge in [0.05, 0.1) is 24.1 Å². The number of carbonyl (C=O) groups is 1. The first-order valence-electron chi connectivity index (χ1n) is 9.29. The standard InChI is InChI=1S/C21H21N5O2S/c1-4-26-16-8-6-5-7-14(16)19-20(26)23-21(25-24-19)29-12-18(27)22-15-11-13(2)9-10-17(15)28-3/h5-11H,4,12H2,1-3H3,(H,22,27). The fraction of sp³-hybridized carbons (Fsp3) is 0.238. The summed E-state index contributed by atoms with van der Waals surface area (Å²) in [5.74, 6) is 0.649. The number of benzene rings is 2. The van der Waals surface area contributed by atoms with Gasteiger partial charge in [-0.05, 0) is 37.6 Å². The molecule has 1 amide bonds. The number of carbonyl (C=O) groups excluding carboxylic acids is 1. The third-order valence-electron chi connectivity index (χ3n) is 4.63. The summed E-state index contributed by atoms with van der Waals surface area (Å²) in [6.07, 6.45) is 0. The van der Waals surface area contributed by atoms with E-state index in [1.54, 1.807) is 7.11 Å². The van der Waals surface area contributed by atoms with Gasteiger partial charge in [0, 0.05) is 11.9 Å². The van der Waals surface area contributed by atoms with Crippen LogP contribution in [0.25, 0.3) is 22.1 Å². The Morgan fingerprint density at radius 3 is 2.83 bits per heavy atom. The van der Waals surface area contributed by atoms with E-state index in [2.05, 4.69) is 38.1 Å². The molecule has 7 nitrogen and oxygen atoms in total. The second-order valence-electron chi connectivity index (χ2n) is 6.57. The van der Waals surface area contributed by atoms with Crippen molar-refractivity contribution < 1.29 is 9.53 Å². The number of fused-ring (bicyclic) bond motifs is 3. The highest BCUT2D eigenvalue weighted by molar-refractivity contribution is 7.99. The van der Waals surface area contributed by atoms with Crippen LogP contribution in [0.2, 0.25) is 0 Å². The molecule has 0 aliphatic rings. The third-order valence-corrected chi connectivity index (χ3v) is 5.47. The molecule has 1 N–H and O–H groups in total. The molecule has 0 atom stereocenters. The highest BCUT2D eigenvalue weighted by Crippen LogP contribution is 2.28. The number of para-hydroxylation sites is 1. The third kappa shape index (κ3) is 3.75. The molecule has 0 radical (unpaired) electrons. The van der Waals surface area contributed by atoms with Crippen LogP contribution in [0.1, 0.15) is 12.5 Å². The molecule has 4 aromatic rings. The van der Waals surface area contributed by atoms with Gasteiger partial charge in [-0.3, -0.25) is 4.79 Å². The van der Waals surface area contributed by atoms with Crippen LogP contribution in [0.3, 0.4) is 0 Å². The number of thioether (sulfide) groups is 1. The molecule has 2 aromatic heterocycles. The van der Waals surface area contributed by atoms with Crippen LogP contribution in [0.5, 0.6) is 5.75 Å². The SMILES string of the molecule is CCn1c2ccccc2c2nnc(SCC(=O)Nc3cc(C)ccc3OC)nc21. The fourth-order valence-electron chi connectivity index (χ4n) is 3.31. The molecule has 8 heteroatoms. The predicted octanol–water partition coefficient (Wildman–Crippen LogP) is 4.05. The van der Waals surface area contributed by atoms with Crippen LogP contribution in [-0.4, -0.2) is 38.5 Å². The van der Waals surface area contributed by atoms with Gasteiger partial charge in [0.15, 0.2) is 5.65 Å². The number of hydrogen-bond acceptors (Lipinski definition) is 6. The van der Waals surface area contributed by atoms with Gasteiger partial charge in [-0.25, -0.2) is 4.98 Å². The number of amides is 1. The van der Waals surface area contributed by atoms with Crippen LogP contribution >= 0.6 is 11.8 Å². The summed E-state index contributed by atoms with van der Waals surface area (Å²) in [6, 6.07) is 13.7. The average Bonchev–Trinajstić information content (AvgIpc) is 3.05. The zero-order valence-electron chi connectivity index (χ0n) is 16.5. The first kappa shape index (κ1) is 19.2. The van der Waals surface area contributed by atoms with E-state index in [0.29, 0.717) is 16.6 Å². The number of methoxy groups -OCH3 is 1. The van der Waals surface area contributed by atoms with Gasteiger partial charge in [0.1, 0.15) is 11.3 Å². The summed E-state index contributed by atoms with van der Waals surface area (Å²) in [5, 5.41) is 13.0. The van der Waals surface area contributed by atoms with Crippen molar-refractivity contribution in [1.82, 2.24) is 19.7 Å². The maximum absolute atomic E-state index is 12.4. The van der Waals surface area contributed by atoms with E-state index in [1.807, 2.05) is 43.3 Å². The molecule has 0 saturated carbocycles. The van der Waals surface area contributed by atoms with Crippen LogP contribution in [0, 0.1) is 6.92 Å². The number of rotatable bonds is 6. The molecule has 0 saturated heterocycles. The monoisotopic (exact) mass is 407 g/mol. The Labute approximate surface area is 172 Å². The Morgan fingerprint density at radius 1 is 1.21 bits per heavy atom. The normalized spacial score (nSPS) is 11.1. The number of nitrogens with zero attached hydrogens (tertiary/aromatic N) is 4. The zero-order chi connectivity index (χ0) is 20.4. The molecule has 29 heavy (non-hydrogen) atoms. The van der Waals surface area contributed by atoms with Gasteiger partial charge in [0.2, 0.25) is 11.1 Å². The number of nitrogens with one attached hydrogen (secondary N) is 1. The predicted molar refractivity (Wildman–Crippen MR) is 116 cm³/mol. The Morgan fingerprint density at radius 2 is 2.03 bits per heavy atom. The van der Waals surface area contributed by atoms with Crippen molar-refractivity contribution in [1.29, 1.82) is 0 Å². The molecule has 148 valence electrons. The lowest BCUT2D eigenvalue weighted by atomic mass is 10.2. The minimum Gasteiger partial charge on any atom is -0.495 e. The van der Waals surface area contributed by atoms with E-state index in [0.717, 1.165) is 34.2 Å². The summed E-state index contributed by atoms with van der Waals surface area (Å²) in [5.41, 5.74) is 4.34. The summed E-state index contributed by atoms with van der Waals surface area (Å²) in [4.78, 5) is 17.1. The minimum absolute atomic E-state index is 0.154. The molecular formula is C21H21N5O2S. The lowest BCUT2D eigenvalue weighted by molar-refractivity contribution is -0.113. The number of anilines is 1. The highest BCUT2D eigenvalue weighted by atomic mass is 32.2. The quantitative estimate of drug-likeness (QED) is 0.486. The Hall–Kier alpha value is -3.13. The number of ether oxygens (including phenoxy) is 1. The summed E-state index contributed by atoms with van der Waals surface area (Å²) >= 11 is 1.26. The molecule has 0 unspecified atom stereocenters. The van der Waals surface area contributed by atoms with Crippen molar-refractivity contribution in [3.8, 4) is 5.75 Å². The lowest BCUT2D eigenvalue weighted by Gasteiger charge is -2.10. The van der Waals surface area contributed by atoms with Gasteiger partial charge in [0.25, 0.3) is 0 Å². The van der Waals surface area contributed by atoms with E-state index >= 15 is 0 Å². The molecule has 4 rings (SSSR count). The molecule has 0 fully saturated rings. The summed E-state index contributed by atoms with van der Waals surface area (Å²) in [6.45, 7) is 4.81. The van der Waals surface area contributed by atoms with Crippen molar-refractivity contribution in [2.75, 3.05) is 18.2 Å². The van der Waals surface area contributed by atoms with Crippen LogP contribution < -0.4 is 10.1 Å². The van der Waals surface area contributed by atoms with Crippen LogP contribution in [0.4, 0.5) is 5.69 Å². The summed E-state index contributed by atoms with van der Waals surface area (Å²) in [7, 11) is 1.58. The Kier molecular flexibility index (Phi) is 5.35. The van der Waals surface area contributed by atoms with E-state index < -0.39 is 0 Å². The molecule has 0 bridgehead atoms. The summed E-state index contributed by atoms with van der Waals surface area (Å²) < 4.78 is 7.42. The average molecular weight is 407 g/mol. The van der Waals surface area contributed by atoms with Crippen LogP contribution in [0.15, 0.2) is 47.6 Å². The highest BCUT2D eigenvalue weighted by Gasteiger charge is 2.15. The van der Waals surface area contributed by atoms with Gasteiger partial charge in [-0.15, -0.1) is 10.2 Å². The molecule has 0 aliphatic heterocycles. The van der Waals surface area contributed by atoms with Crippen molar-refractivity contribution >= 4 is 45.4 Å². The molecule has 2 heterocycles. The maximum atomic E-state index is 12.4. The van der Waals surface area contributed by atoms with Gasteiger partial charge < -0.3 is 14.6 Å². The topological polar surface area (TPSA) is 81.9 Å². The fourth-order valence-corrected chi connectivity index (χ4v) is 3.89. The maximum Gasteiger partial charge on any atom is 0.234 e. The van der Waals surface area contributed by atoms with Crippen LogP contribution in [-0.2, 0) is 11.3 Å². The van der Waals surface area contributed by atoms with Crippen molar-refractivity contribution in [3.63, 3.8) is 0 Å². The van der Waals surface area contributed by atoms with E-state index in [1.165, 1.54) is 11.8 Å². The Balaban J connectivity index is 1.53. The minimum atomic E-state index is -0.154. The molecule has 0 spiro atoms. The molecule has 0 aliphatic carbocycles. The van der Waals surface area contributed by atoms with E-state index in [9.17, 15) is 4.79 Å². The largest absolute Gasteiger partial charge is 0.495 e. The number of hydrogen-bond donors (Lipinski definition) is 1. The molecular weight excluding hydrogens is 386 g/mol. The first-order chi connectivity index (χ1) is 14.1. The van der Waals surface area contributed by atoms with Crippen molar-refractivity contribution in [2.45, 2.75) is 25.5 Å². The van der Waals surface area contributed by atoms with Gasteiger partial charge in [-0.2, -0.15) is 0 Å². The number of aryl methyl sites for hydroxylation is 2. The first-order valence-corrected chi connectivity index (χ1v) is 10.3. The van der Waals surface area contributed by atoms with E-state index in [-0.39, 0.29) is 11.7 Å². The zero-order valence-corrected chi connectivity index (χ0v) is 17.3. The molecule has 2 aromatic carbocycles. The van der Waals surface area contributed by atoms with Gasteiger partial charge >= 0.3 is 0 Å². The van der Waals surface area contributed by atoms with Crippen molar-refractivity contribution in [3.05, 3.63) is 48.0 Å². The van der Waals surface area contributed by atoms with Gasteiger partial charge in [-0.1, -0.05) is 36.0 Å². The van der Waals surface area contributed by atoms with E-state index in [4.69, 9.17) is 4.74 Å². The Bertz CT molecular complexity index is 1200.